The van der Waals surface area contributed by atoms with Gasteiger partial charge in [0, 0.05) is 6.92 Å². The Balaban J connectivity index is 2.55. The summed E-state index contributed by atoms with van der Waals surface area (Å²) in [6, 6.07) is 0. The maximum Gasteiger partial charge on any atom is 0.302 e. The van der Waals surface area contributed by atoms with Crippen LogP contribution in [0.1, 0.15) is 27.7 Å². The fourth-order valence-electron chi connectivity index (χ4n) is 1.29. The highest BCUT2D eigenvalue weighted by Crippen LogP contribution is 2.18. The summed E-state index contributed by atoms with van der Waals surface area (Å²) in [6.45, 7) is 6.87. The first kappa shape index (κ1) is 13.9. The molecule has 0 aromatic carbocycles. The van der Waals surface area contributed by atoms with Crippen molar-refractivity contribution >= 4 is 11.8 Å². The van der Waals surface area contributed by atoms with Crippen LogP contribution in [-0.2, 0) is 23.8 Å². The second kappa shape index (κ2) is 5.42. The number of carbonyl (C=O) groups excluding carboxylic acids is 2. The highest BCUT2D eigenvalue weighted by Gasteiger charge is 2.29. The molecule has 0 saturated heterocycles. The molecule has 1 heterocycles. The van der Waals surface area contributed by atoms with E-state index in [1.807, 2.05) is 20.8 Å². The molecule has 0 amide bonds. The normalized spacial score (nSPS) is 24.8. The summed E-state index contributed by atoms with van der Waals surface area (Å²) in [5.41, 5.74) is -0.374. The summed E-state index contributed by atoms with van der Waals surface area (Å²) in [6.07, 6.45) is 1.58. The fraction of sp³-hybridized carbons (Fsp3) is 0.667. The number of ketones is 1. The van der Waals surface area contributed by atoms with Crippen LogP contribution >= 0.6 is 0 Å². The molecule has 0 aromatic rings. The lowest BCUT2D eigenvalue weighted by Gasteiger charge is -2.30. The standard InChI is InChI=1S/C12H18O5/c1-8(13)15-7-10-9(14)5-6-11(16-10)17-12(2,3)4/h5-6,10-11H,7H2,1-4H3/t10-,11-/m1/s1. The Kier molecular flexibility index (Phi) is 4.42. The van der Waals surface area contributed by atoms with Gasteiger partial charge in [0.05, 0.1) is 5.60 Å². The largest absolute Gasteiger partial charge is 0.463 e. The van der Waals surface area contributed by atoms with E-state index in [2.05, 4.69) is 0 Å². The zero-order valence-electron chi connectivity index (χ0n) is 10.6. The van der Waals surface area contributed by atoms with Crippen molar-refractivity contribution < 1.29 is 23.8 Å². The van der Waals surface area contributed by atoms with Crippen LogP contribution < -0.4 is 0 Å². The summed E-state index contributed by atoms with van der Waals surface area (Å²) in [5.74, 6) is -0.663. The molecule has 0 aliphatic carbocycles. The molecule has 0 bridgehead atoms. The molecule has 0 fully saturated rings. The quantitative estimate of drug-likeness (QED) is 0.696. The van der Waals surface area contributed by atoms with Gasteiger partial charge in [-0.15, -0.1) is 0 Å². The summed E-state index contributed by atoms with van der Waals surface area (Å²) in [4.78, 5) is 22.1. The van der Waals surface area contributed by atoms with Gasteiger partial charge in [-0.05, 0) is 32.9 Å². The number of carbonyl (C=O) groups is 2. The molecule has 0 spiro atoms. The number of ether oxygens (including phenoxy) is 3. The lowest BCUT2D eigenvalue weighted by Crippen LogP contribution is -2.39. The van der Waals surface area contributed by atoms with E-state index in [1.54, 1.807) is 6.08 Å². The van der Waals surface area contributed by atoms with E-state index in [4.69, 9.17) is 14.2 Å². The van der Waals surface area contributed by atoms with Gasteiger partial charge >= 0.3 is 5.97 Å². The zero-order chi connectivity index (χ0) is 13.1. The Bertz CT molecular complexity index is 326. The highest BCUT2D eigenvalue weighted by molar-refractivity contribution is 5.94. The molecule has 5 heteroatoms. The molecule has 96 valence electrons. The first-order chi connectivity index (χ1) is 7.78. The van der Waals surface area contributed by atoms with E-state index >= 15 is 0 Å². The predicted molar refractivity (Wildman–Crippen MR) is 60.3 cm³/mol. The molecule has 0 saturated carbocycles. The molecule has 0 radical (unpaired) electrons. The van der Waals surface area contributed by atoms with Crippen molar-refractivity contribution in [3.8, 4) is 0 Å². The first-order valence-electron chi connectivity index (χ1n) is 5.46. The third kappa shape index (κ3) is 5.10. The predicted octanol–water partition coefficient (Wildman–Crippen LogP) is 1.21. The number of esters is 1. The molecule has 2 atom stereocenters. The molecule has 0 N–H and O–H groups in total. The van der Waals surface area contributed by atoms with Gasteiger partial charge in [0.25, 0.3) is 0 Å². The van der Waals surface area contributed by atoms with Gasteiger partial charge in [-0.25, -0.2) is 0 Å². The van der Waals surface area contributed by atoms with Crippen molar-refractivity contribution in [2.75, 3.05) is 6.61 Å². The highest BCUT2D eigenvalue weighted by atomic mass is 16.7. The van der Waals surface area contributed by atoms with Crippen LogP contribution in [0.4, 0.5) is 0 Å². The second-order valence-corrected chi connectivity index (χ2v) is 4.79. The molecule has 1 aliphatic rings. The topological polar surface area (TPSA) is 61.8 Å². The Labute approximate surface area is 101 Å². The second-order valence-electron chi connectivity index (χ2n) is 4.79. The lowest BCUT2D eigenvalue weighted by atomic mass is 10.1. The Hall–Kier alpha value is -1.20. The minimum atomic E-state index is -0.781. The molecule has 17 heavy (non-hydrogen) atoms. The van der Waals surface area contributed by atoms with E-state index in [0.29, 0.717) is 0 Å². The maximum atomic E-state index is 11.5. The van der Waals surface area contributed by atoms with Crippen LogP contribution in [-0.4, -0.2) is 36.4 Å². The van der Waals surface area contributed by atoms with Crippen molar-refractivity contribution in [2.24, 2.45) is 0 Å². The van der Waals surface area contributed by atoms with Gasteiger partial charge in [-0.2, -0.15) is 0 Å². The lowest BCUT2D eigenvalue weighted by molar-refractivity contribution is -0.203. The number of hydrogen-bond donors (Lipinski definition) is 0. The van der Waals surface area contributed by atoms with Crippen molar-refractivity contribution in [1.29, 1.82) is 0 Å². The average Bonchev–Trinajstić information content (AvgIpc) is 2.16. The van der Waals surface area contributed by atoms with E-state index in [-0.39, 0.29) is 18.0 Å². The summed E-state index contributed by atoms with van der Waals surface area (Å²) >= 11 is 0. The maximum absolute atomic E-state index is 11.5. The molecule has 1 aliphatic heterocycles. The van der Waals surface area contributed by atoms with E-state index < -0.39 is 18.4 Å². The molecule has 0 unspecified atom stereocenters. The molecular weight excluding hydrogens is 224 g/mol. The number of hydrogen-bond acceptors (Lipinski definition) is 5. The Morgan fingerprint density at radius 2 is 2.12 bits per heavy atom. The van der Waals surface area contributed by atoms with Crippen molar-refractivity contribution in [1.82, 2.24) is 0 Å². The van der Waals surface area contributed by atoms with Crippen LogP contribution in [0.5, 0.6) is 0 Å². The zero-order valence-corrected chi connectivity index (χ0v) is 10.6. The van der Waals surface area contributed by atoms with Crippen molar-refractivity contribution in [2.45, 2.75) is 45.7 Å². The van der Waals surface area contributed by atoms with Gasteiger partial charge in [-0.1, -0.05) is 0 Å². The van der Waals surface area contributed by atoms with Crippen LogP contribution in [0, 0.1) is 0 Å². The SMILES string of the molecule is CC(=O)OC[C@H]1O[C@H](OC(C)(C)C)C=CC1=O. The molecule has 5 nitrogen and oxygen atoms in total. The van der Waals surface area contributed by atoms with E-state index in [1.165, 1.54) is 13.0 Å². The Morgan fingerprint density at radius 1 is 1.47 bits per heavy atom. The number of rotatable bonds is 3. The van der Waals surface area contributed by atoms with E-state index in [0.717, 1.165) is 0 Å². The Morgan fingerprint density at radius 3 is 2.65 bits per heavy atom. The third-order valence-corrected chi connectivity index (χ3v) is 1.94. The van der Waals surface area contributed by atoms with Gasteiger partial charge in [0.2, 0.25) is 0 Å². The fourth-order valence-corrected chi connectivity index (χ4v) is 1.29. The van der Waals surface area contributed by atoms with Gasteiger partial charge in [0.1, 0.15) is 6.61 Å². The van der Waals surface area contributed by atoms with Crippen molar-refractivity contribution in [3.63, 3.8) is 0 Å². The van der Waals surface area contributed by atoms with Gasteiger partial charge < -0.3 is 14.2 Å². The van der Waals surface area contributed by atoms with Gasteiger partial charge in [0.15, 0.2) is 18.2 Å². The monoisotopic (exact) mass is 242 g/mol. The average molecular weight is 242 g/mol. The first-order valence-corrected chi connectivity index (χ1v) is 5.46. The third-order valence-electron chi connectivity index (χ3n) is 1.94. The summed E-state index contributed by atoms with van der Waals surface area (Å²) < 4.78 is 15.7. The molecular formula is C12H18O5. The van der Waals surface area contributed by atoms with Gasteiger partial charge in [-0.3, -0.25) is 9.59 Å². The van der Waals surface area contributed by atoms with Crippen LogP contribution in [0.2, 0.25) is 0 Å². The molecule has 1 rings (SSSR count). The summed E-state index contributed by atoms with van der Waals surface area (Å²) in [5, 5.41) is 0. The minimum absolute atomic E-state index is 0.0808. The minimum Gasteiger partial charge on any atom is -0.463 e. The van der Waals surface area contributed by atoms with Crippen LogP contribution in [0.3, 0.4) is 0 Å². The molecule has 0 aromatic heterocycles. The van der Waals surface area contributed by atoms with E-state index in [9.17, 15) is 9.59 Å². The summed E-state index contributed by atoms with van der Waals surface area (Å²) in [7, 11) is 0. The smallest absolute Gasteiger partial charge is 0.302 e. The van der Waals surface area contributed by atoms with Crippen LogP contribution in [0.15, 0.2) is 12.2 Å². The van der Waals surface area contributed by atoms with Crippen molar-refractivity contribution in [3.05, 3.63) is 12.2 Å². The van der Waals surface area contributed by atoms with Crippen LogP contribution in [0.25, 0.3) is 0 Å².